The number of nitrogens with one attached hydrogen (secondary N) is 1. The average molecular weight is 254 g/mol. The van der Waals surface area contributed by atoms with Crippen molar-refractivity contribution < 1.29 is 14.7 Å². The largest absolute Gasteiger partial charge is 0.481 e. The Kier molecular flexibility index (Phi) is 4.41. The number of rotatable bonds is 6. The third kappa shape index (κ3) is 2.85. The van der Waals surface area contributed by atoms with Crippen molar-refractivity contribution >= 4 is 17.8 Å². The van der Waals surface area contributed by atoms with Crippen LogP contribution in [0.15, 0.2) is 6.33 Å². The molecule has 1 amide bonds. The van der Waals surface area contributed by atoms with Gasteiger partial charge < -0.3 is 5.11 Å². The standard InChI is InChI=1S/C11H18N4O3/c1-4-11(5-2,9(17)18)6-8(16)14-10-12-7-13-15(10)3/h7H,4-6H2,1-3H3,(H,17,18)(H,12,13,14,16). The molecule has 1 heterocycles. The van der Waals surface area contributed by atoms with Crippen molar-refractivity contribution in [2.75, 3.05) is 5.32 Å². The molecule has 0 radical (unpaired) electrons. The first-order valence-corrected chi connectivity index (χ1v) is 5.82. The van der Waals surface area contributed by atoms with E-state index in [2.05, 4.69) is 15.4 Å². The molecule has 0 spiro atoms. The second kappa shape index (κ2) is 5.61. The number of hydrogen-bond acceptors (Lipinski definition) is 4. The molecule has 2 N–H and O–H groups in total. The van der Waals surface area contributed by atoms with Gasteiger partial charge in [0.2, 0.25) is 11.9 Å². The van der Waals surface area contributed by atoms with E-state index in [0.717, 1.165) is 0 Å². The second-order valence-corrected chi connectivity index (χ2v) is 4.22. The number of carbonyl (C=O) groups excluding carboxylic acids is 1. The van der Waals surface area contributed by atoms with Gasteiger partial charge >= 0.3 is 5.97 Å². The number of carbonyl (C=O) groups is 2. The van der Waals surface area contributed by atoms with E-state index in [4.69, 9.17) is 0 Å². The van der Waals surface area contributed by atoms with Gasteiger partial charge in [0.25, 0.3) is 0 Å². The van der Waals surface area contributed by atoms with Crippen LogP contribution in [-0.2, 0) is 16.6 Å². The molecule has 0 saturated heterocycles. The number of aliphatic carboxylic acids is 1. The minimum atomic E-state index is -1.01. The zero-order valence-corrected chi connectivity index (χ0v) is 10.8. The number of anilines is 1. The van der Waals surface area contributed by atoms with Gasteiger partial charge in [-0.05, 0) is 12.8 Å². The quantitative estimate of drug-likeness (QED) is 0.790. The van der Waals surface area contributed by atoms with E-state index < -0.39 is 11.4 Å². The van der Waals surface area contributed by atoms with Crippen LogP contribution in [-0.4, -0.2) is 31.7 Å². The number of carboxylic acids is 1. The van der Waals surface area contributed by atoms with Crippen LogP contribution in [0.5, 0.6) is 0 Å². The van der Waals surface area contributed by atoms with E-state index in [1.807, 2.05) is 0 Å². The molecule has 1 rings (SSSR count). The highest BCUT2D eigenvalue weighted by atomic mass is 16.4. The molecule has 0 aromatic carbocycles. The highest BCUT2D eigenvalue weighted by Crippen LogP contribution is 2.31. The summed E-state index contributed by atoms with van der Waals surface area (Å²) in [4.78, 5) is 27.0. The molecule has 1 aromatic rings. The maximum Gasteiger partial charge on any atom is 0.310 e. The summed E-state index contributed by atoms with van der Waals surface area (Å²) in [5, 5.41) is 15.6. The second-order valence-electron chi connectivity index (χ2n) is 4.22. The summed E-state index contributed by atoms with van der Waals surface area (Å²) >= 11 is 0. The third-order valence-corrected chi connectivity index (χ3v) is 3.27. The molecule has 0 aliphatic heterocycles. The van der Waals surface area contributed by atoms with Gasteiger partial charge in [0, 0.05) is 13.5 Å². The highest BCUT2D eigenvalue weighted by molar-refractivity contribution is 5.93. The molecule has 0 bridgehead atoms. The van der Waals surface area contributed by atoms with Gasteiger partial charge in [-0.25, -0.2) is 4.68 Å². The van der Waals surface area contributed by atoms with Gasteiger partial charge in [0.15, 0.2) is 0 Å². The van der Waals surface area contributed by atoms with Crippen LogP contribution in [0, 0.1) is 5.41 Å². The normalized spacial score (nSPS) is 11.3. The van der Waals surface area contributed by atoms with Gasteiger partial charge in [-0.1, -0.05) is 13.8 Å². The summed E-state index contributed by atoms with van der Waals surface area (Å²) in [6, 6.07) is 0. The Labute approximate surface area is 105 Å². The molecule has 0 aliphatic rings. The lowest BCUT2D eigenvalue weighted by molar-refractivity contribution is -0.151. The zero-order valence-electron chi connectivity index (χ0n) is 10.8. The van der Waals surface area contributed by atoms with Crippen LogP contribution in [0.25, 0.3) is 0 Å². The fourth-order valence-corrected chi connectivity index (χ4v) is 1.76. The predicted molar refractivity (Wildman–Crippen MR) is 64.9 cm³/mol. The molecule has 0 saturated carbocycles. The van der Waals surface area contributed by atoms with Crippen molar-refractivity contribution in [3.05, 3.63) is 6.33 Å². The lowest BCUT2D eigenvalue weighted by atomic mass is 9.79. The van der Waals surface area contributed by atoms with Crippen LogP contribution in [0.4, 0.5) is 5.95 Å². The zero-order chi connectivity index (χ0) is 13.8. The molecule has 0 atom stereocenters. The summed E-state index contributed by atoms with van der Waals surface area (Å²) < 4.78 is 1.41. The molecular weight excluding hydrogens is 236 g/mol. The van der Waals surface area contributed by atoms with Crippen LogP contribution in [0.1, 0.15) is 33.1 Å². The van der Waals surface area contributed by atoms with Crippen molar-refractivity contribution in [2.45, 2.75) is 33.1 Å². The summed E-state index contributed by atoms with van der Waals surface area (Å²) in [7, 11) is 1.65. The van der Waals surface area contributed by atoms with Crippen molar-refractivity contribution in [2.24, 2.45) is 12.5 Å². The monoisotopic (exact) mass is 254 g/mol. The molecule has 1 aromatic heterocycles. The van der Waals surface area contributed by atoms with Gasteiger partial charge in [0.1, 0.15) is 6.33 Å². The Morgan fingerprint density at radius 2 is 2.06 bits per heavy atom. The van der Waals surface area contributed by atoms with E-state index in [9.17, 15) is 14.7 Å². The molecule has 7 nitrogen and oxygen atoms in total. The maximum absolute atomic E-state index is 11.8. The average Bonchev–Trinajstić information content (AvgIpc) is 2.71. The van der Waals surface area contributed by atoms with Gasteiger partial charge in [-0.3, -0.25) is 14.9 Å². The molecule has 0 unspecified atom stereocenters. The Morgan fingerprint density at radius 1 is 1.44 bits per heavy atom. The summed E-state index contributed by atoms with van der Waals surface area (Å²) in [6.45, 7) is 3.54. The number of hydrogen-bond donors (Lipinski definition) is 2. The van der Waals surface area contributed by atoms with Crippen LogP contribution in [0.2, 0.25) is 0 Å². The number of amides is 1. The van der Waals surface area contributed by atoms with E-state index in [0.29, 0.717) is 18.8 Å². The lowest BCUT2D eigenvalue weighted by Crippen LogP contribution is -2.34. The summed E-state index contributed by atoms with van der Waals surface area (Å²) in [5.74, 6) is -0.996. The van der Waals surface area contributed by atoms with Crippen LogP contribution < -0.4 is 5.32 Å². The van der Waals surface area contributed by atoms with Gasteiger partial charge in [0.05, 0.1) is 5.41 Å². The van der Waals surface area contributed by atoms with E-state index >= 15 is 0 Å². The Hall–Kier alpha value is -1.92. The highest BCUT2D eigenvalue weighted by Gasteiger charge is 2.37. The van der Waals surface area contributed by atoms with Crippen molar-refractivity contribution in [1.82, 2.24) is 14.8 Å². The fraction of sp³-hybridized carbons (Fsp3) is 0.636. The number of aryl methyl sites for hydroxylation is 1. The van der Waals surface area contributed by atoms with E-state index in [1.54, 1.807) is 20.9 Å². The SMILES string of the molecule is CCC(CC)(CC(=O)Nc1ncnn1C)C(=O)O. The van der Waals surface area contributed by atoms with Crippen LogP contribution in [0.3, 0.4) is 0 Å². The minimum absolute atomic E-state index is 0.0673. The predicted octanol–water partition coefficient (Wildman–Crippen LogP) is 1.03. The first-order valence-electron chi connectivity index (χ1n) is 5.82. The Morgan fingerprint density at radius 3 is 2.44 bits per heavy atom. The number of aromatic nitrogens is 3. The molecule has 7 heteroatoms. The van der Waals surface area contributed by atoms with Crippen molar-refractivity contribution in [3.8, 4) is 0 Å². The summed E-state index contributed by atoms with van der Waals surface area (Å²) in [6.07, 6.45) is 2.07. The van der Waals surface area contributed by atoms with Crippen LogP contribution >= 0.6 is 0 Å². The first kappa shape index (κ1) is 14.1. The fourth-order valence-electron chi connectivity index (χ4n) is 1.76. The molecular formula is C11H18N4O3. The smallest absolute Gasteiger partial charge is 0.310 e. The summed E-state index contributed by atoms with van der Waals surface area (Å²) in [5.41, 5.74) is -1.01. The third-order valence-electron chi connectivity index (χ3n) is 3.27. The molecule has 100 valence electrons. The van der Waals surface area contributed by atoms with Crippen molar-refractivity contribution in [1.29, 1.82) is 0 Å². The van der Waals surface area contributed by atoms with E-state index in [1.165, 1.54) is 11.0 Å². The van der Waals surface area contributed by atoms with E-state index in [-0.39, 0.29) is 12.3 Å². The topological polar surface area (TPSA) is 97.1 Å². The lowest BCUT2D eigenvalue weighted by Gasteiger charge is -2.25. The Bertz CT molecular complexity index is 437. The molecule has 0 fully saturated rings. The first-order chi connectivity index (χ1) is 8.45. The minimum Gasteiger partial charge on any atom is -0.481 e. The van der Waals surface area contributed by atoms with Gasteiger partial charge in [-0.15, -0.1) is 0 Å². The molecule has 0 aliphatic carbocycles. The Balaban J connectivity index is 2.74. The van der Waals surface area contributed by atoms with Crippen molar-refractivity contribution in [3.63, 3.8) is 0 Å². The number of carboxylic acid groups (broad SMARTS) is 1. The number of nitrogens with zero attached hydrogens (tertiary/aromatic N) is 3. The van der Waals surface area contributed by atoms with Gasteiger partial charge in [-0.2, -0.15) is 10.1 Å². The maximum atomic E-state index is 11.8. The molecule has 18 heavy (non-hydrogen) atoms.